The highest BCUT2D eigenvalue weighted by Gasteiger charge is 2.30. The molecule has 2 aromatic heterocycles. The fourth-order valence-corrected chi connectivity index (χ4v) is 2.84. The summed E-state index contributed by atoms with van der Waals surface area (Å²) in [6.45, 7) is 3.06. The van der Waals surface area contributed by atoms with Crippen molar-refractivity contribution in [3.8, 4) is 0 Å². The number of hydrogen-bond donors (Lipinski definition) is 1. The number of nitrogens with two attached hydrogens (primary N) is 1. The molecule has 114 valence electrons. The molecule has 0 amide bonds. The van der Waals surface area contributed by atoms with Gasteiger partial charge < -0.3 is 10.3 Å². The number of imidazole rings is 1. The second-order valence-corrected chi connectivity index (χ2v) is 5.66. The zero-order chi connectivity index (χ0) is 15.1. The van der Waals surface area contributed by atoms with Gasteiger partial charge in [-0.25, -0.2) is 9.78 Å². The molecule has 0 spiro atoms. The molecule has 1 aliphatic rings. The first-order chi connectivity index (χ1) is 10.1. The molecule has 0 aromatic carbocycles. The Morgan fingerprint density at radius 1 is 1.24 bits per heavy atom. The van der Waals surface area contributed by atoms with E-state index in [9.17, 15) is 9.59 Å². The maximum Gasteiger partial charge on any atom is 0.332 e. The molecule has 1 aliphatic carbocycles. The van der Waals surface area contributed by atoms with E-state index in [1.165, 1.54) is 4.57 Å². The Labute approximate surface area is 122 Å². The third-order valence-corrected chi connectivity index (χ3v) is 4.02. The summed E-state index contributed by atoms with van der Waals surface area (Å²) < 4.78 is 4.70. The second-order valence-electron chi connectivity index (χ2n) is 5.66. The fraction of sp³-hybridized carbons (Fsp3) is 0.643. The van der Waals surface area contributed by atoms with Gasteiger partial charge in [-0.15, -0.1) is 0 Å². The first-order valence-electron chi connectivity index (χ1n) is 7.50. The number of aromatic nitrogens is 4. The van der Waals surface area contributed by atoms with Crippen molar-refractivity contribution in [1.29, 1.82) is 0 Å². The maximum atomic E-state index is 12.6. The summed E-state index contributed by atoms with van der Waals surface area (Å²) in [5.41, 5.74) is 5.98. The van der Waals surface area contributed by atoms with E-state index in [1.807, 2.05) is 18.5 Å². The summed E-state index contributed by atoms with van der Waals surface area (Å²) in [5, 5.41) is 0. The van der Waals surface area contributed by atoms with Crippen molar-refractivity contribution >= 4 is 11.2 Å². The number of aryl methyl sites for hydroxylation is 2. The number of rotatable bonds is 5. The maximum absolute atomic E-state index is 12.6. The molecule has 2 heterocycles. The molecule has 2 aromatic rings. The van der Waals surface area contributed by atoms with Crippen LogP contribution in [0.3, 0.4) is 0 Å². The van der Waals surface area contributed by atoms with E-state index >= 15 is 0 Å². The molecule has 1 saturated carbocycles. The Bertz CT molecular complexity index is 794. The van der Waals surface area contributed by atoms with Gasteiger partial charge in [-0.1, -0.05) is 6.92 Å². The van der Waals surface area contributed by atoms with Gasteiger partial charge in [0.25, 0.3) is 5.56 Å². The molecule has 7 nitrogen and oxygen atoms in total. The number of nitrogens with zero attached hydrogens (tertiary/aromatic N) is 4. The Kier molecular flexibility index (Phi) is 3.44. The zero-order valence-electron chi connectivity index (χ0n) is 12.5. The van der Waals surface area contributed by atoms with Crippen molar-refractivity contribution in [2.24, 2.45) is 12.8 Å². The molecule has 0 atom stereocenters. The molecule has 2 N–H and O–H groups in total. The van der Waals surface area contributed by atoms with Crippen molar-refractivity contribution in [3.63, 3.8) is 0 Å². The van der Waals surface area contributed by atoms with Gasteiger partial charge >= 0.3 is 5.69 Å². The van der Waals surface area contributed by atoms with Gasteiger partial charge in [0.15, 0.2) is 11.2 Å². The quantitative estimate of drug-likeness (QED) is 0.849. The normalized spacial score (nSPS) is 15.0. The Morgan fingerprint density at radius 2 is 1.95 bits per heavy atom. The van der Waals surface area contributed by atoms with E-state index in [0.29, 0.717) is 23.6 Å². The predicted molar refractivity (Wildman–Crippen MR) is 80.6 cm³/mol. The highest BCUT2D eigenvalue weighted by molar-refractivity contribution is 5.71. The van der Waals surface area contributed by atoms with E-state index < -0.39 is 0 Å². The molecule has 3 rings (SSSR count). The highest BCUT2D eigenvalue weighted by Crippen LogP contribution is 2.39. The standard InChI is InChI=1S/C14H21N5O2/c1-3-7-18-12-10(13(20)19(8-6-15)14(18)21)17(2)11(16-12)9-4-5-9/h9H,3-8,15H2,1-2H3. The van der Waals surface area contributed by atoms with E-state index in [1.54, 1.807) is 4.57 Å². The van der Waals surface area contributed by atoms with E-state index in [0.717, 1.165) is 25.1 Å². The summed E-state index contributed by atoms with van der Waals surface area (Å²) in [7, 11) is 1.86. The summed E-state index contributed by atoms with van der Waals surface area (Å²) in [4.78, 5) is 29.7. The molecule has 0 unspecified atom stereocenters. The van der Waals surface area contributed by atoms with Crippen molar-refractivity contribution in [1.82, 2.24) is 18.7 Å². The minimum absolute atomic E-state index is 0.237. The summed E-state index contributed by atoms with van der Waals surface area (Å²) in [6.07, 6.45) is 3.02. The van der Waals surface area contributed by atoms with E-state index in [2.05, 4.69) is 4.98 Å². The van der Waals surface area contributed by atoms with Crippen molar-refractivity contribution in [2.45, 2.75) is 45.2 Å². The largest absolute Gasteiger partial charge is 0.332 e. The topological polar surface area (TPSA) is 87.8 Å². The van der Waals surface area contributed by atoms with Crippen LogP contribution in [0.4, 0.5) is 0 Å². The van der Waals surface area contributed by atoms with E-state index in [4.69, 9.17) is 5.73 Å². The Balaban J connectivity index is 2.38. The summed E-state index contributed by atoms with van der Waals surface area (Å²) >= 11 is 0. The first-order valence-corrected chi connectivity index (χ1v) is 7.50. The van der Waals surface area contributed by atoms with Crippen LogP contribution in [0.1, 0.15) is 37.9 Å². The Hall–Kier alpha value is -1.89. The third kappa shape index (κ3) is 2.12. The van der Waals surface area contributed by atoms with Crippen molar-refractivity contribution in [2.75, 3.05) is 6.54 Å². The first kappa shape index (κ1) is 14.1. The average Bonchev–Trinajstić information content (AvgIpc) is 3.24. The van der Waals surface area contributed by atoms with Crippen LogP contribution >= 0.6 is 0 Å². The lowest BCUT2D eigenvalue weighted by Crippen LogP contribution is -2.42. The van der Waals surface area contributed by atoms with Gasteiger partial charge in [-0.3, -0.25) is 13.9 Å². The molecular weight excluding hydrogens is 270 g/mol. The predicted octanol–water partition coefficient (Wildman–Crippen LogP) is 0.143. The van der Waals surface area contributed by atoms with E-state index in [-0.39, 0.29) is 24.3 Å². The highest BCUT2D eigenvalue weighted by atomic mass is 16.2. The van der Waals surface area contributed by atoms with Crippen LogP contribution in [0.5, 0.6) is 0 Å². The minimum Gasteiger partial charge on any atom is -0.329 e. The lowest BCUT2D eigenvalue weighted by atomic mass is 10.4. The van der Waals surface area contributed by atoms with Gasteiger partial charge in [0.2, 0.25) is 0 Å². The molecular formula is C14H21N5O2. The average molecular weight is 291 g/mol. The SMILES string of the molecule is CCCn1c(=O)n(CCN)c(=O)c2c1nc(C1CC1)n2C. The van der Waals surface area contributed by atoms with Gasteiger partial charge in [0, 0.05) is 32.6 Å². The molecule has 0 radical (unpaired) electrons. The lowest BCUT2D eigenvalue weighted by molar-refractivity contribution is 0.565. The van der Waals surface area contributed by atoms with Crippen LogP contribution in [0.25, 0.3) is 11.2 Å². The Morgan fingerprint density at radius 3 is 2.52 bits per heavy atom. The molecule has 0 saturated heterocycles. The van der Waals surface area contributed by atoms with Crippen LogP contribution in [0, 0.1) is 0 Å². The van der Waals surface area contributed by atoms with Gasteiger partial charge in [-0.05, 0) is 19.3 Å². The third-order valence-electron chi connectivity index (χ3n) is 4.02. The van der Waals surface area contributed by atoms with Crippen LogP contribution in [-0.4, -0.2) is 25.2 Å². The zero-order valence-corrected chi connectivity index (χ0v) is 12.5. The molecule has 0 bridgehead atoms. The van der Waals surface area contributed by atoms with Crippen molar-refractivity contribution < 1.29 is 0 Å². The monoisotopic (exact) mass is 291 g/mol. The van der Waals surface area contributed by atoms with Crippen LogP contribution in [0.2, 0.25) is 0 Å². The lowest BCUT2D eigenvalue weighted by Gasteiger charge is -2.10. The summed E-state index contributed by atoms with van der Waals surface area (Å²) in [5.74, 6) is 1.34. The number of hydrogen-bond acceptors (Lipinski definition) is 4. The van der Waals surface area contributed by atoms with Crippen LogP contribution < -0.4 is 17.0 Å². The van der Waals surface area contributed by atoms with Crippen LogP contribution in [-0.2, 0) is 20.1 Å². The van der Waals surface area contributed by atoms with Crippen LogP contribution in [0.15, 0.2) is 9.59 Å². The van der Waals surface area contributed by atoms with Gasteiger partial charge in [0.05, 0.1) is 0 Å². The molecule has 1 fully saturated rings. The minimum atomic E-state index is -0.305. The smallest absolute Gasteiger partial charge is 0.329 e. The molecule has 0 aliphatic heterocycles. The fourth-order valence-electron chi connectivity index (χ4n) is 2.84. The van der Waals surface area contributed by atoms with Crippen molar-refractivity contribution in [3.05, 3.63) is 26.7 Å². The number of fused-ring (bicyclic) bond motifs is 1. The second kappa shape index (κ2) is 5.14. The van der Waals surface area contributed by atoms with Gasteiger partial charge in [-0.2, -0.15) is 0 Å². The summed E-state index contributed by atoms with van der Waals surface area (Å²) in [6, 6.07) is 0. The molecule has 7 heteroatoms. The van der Waals surface area contributed by atoms with Gasteiger partial charge in [0.1, 0.15) is 5.82 Å². The molecule has 21 heavy (non-hydrogen) atoms.